The number of carboxylic acids is 1. The van der Waals surface area contributed by atoms with Gasteiger partial charge in [-0.3, -0.25) is 5.32 Å². The Bertz CT molecular complexity index is 1080. The summed E-state index contributed by atoms with van der Waals surface area (Å²) in [7, 11) is 0. The quantitative estimate of drug-likeness (QED) is 0.641. The summed E-state index contributed by atoms with van der Waals surface area (Å²) in [5, 5.41) is 11.5. The highest BCUT2D eigenvalue weighted by Gasteiger charge is 2.29. The van der Waals surface area contributed by atoms with E-state index < -0.39 is 23.6 Å². The van der Waals surface area contributed by atoms with Crippen molar-refractivity contribution < 1.29 is 23.8 Å². The van der Waals surface area contributed by atoms with Gasteiger partial charge in [-0.15, -0.1) is 0 Å². The van der Waals surface area contributed by atoms with Crippen LogP contribution in [0.1, 0.15) is 33.0 Å². The minimum atomic E-state index is -1.33. The smallest absolute Gasteiger partial charge is 0.411 e. The van der Waals surface area contributed by atoms with Gasteiger partial charge in [0.2, 0.25) is 0 Å². The first-order valence-corrected chi connectivity index (χ1v) is 9.11. The van der Waals surface area contributed by atoms with Crippen molar-refractivity contribution in [2.24, 2.45) is 0 Å². The van der Waals surface area contributed by atoms with E-state index in [0.717, 1.165) is 28.3 Å². The second kappa shape index (κ2) is 7.39. The Labute approximate surface area is 166 Å². The average molecular weight is 391 g/mol. The minimum Gasteiger partial charge on any atom is -0.478 e. The average Bonchev–Trinajstić information content (AvgIpc) is 3.02. The van der Waals surface area contributed by atoms with Gasteiger partial charge in [-0.1, -0.05) is 48.5 Å². The maximum absolute atomic E-state index is 14.2. The van der Waals surface area contributed by atoms with E-state index in [1.807, 2.05) is 48.5 Å². The Morgan fingerprint density at radius 3 is 2.21 bits per heavy atom. The topological polar surface area (TPSA) is 75.6 Å². The van der Waals surface area contributed by atoms with Crippen LogP contribution in [0.25, 0.3) is 11.1 Å². The lowest BCUT2D eigenvalue weighted by molar-refractivity contribution is 0.0697. The van der Waals surface area contributed by atoms with E-state index in [9.17, 15) is 19.1 Å². The van der Waals surface area contributed by atoms with Gasteiger partial charge in [0.05, 0.1) is 11.3 Å². The predicted molar refractivity (Wildman–Crippen MR) is 107 cm³/mol. The van der Waals surface area contributed by atoms with E-state index in [4.69, 9.17) is 4.74 Å². The first kappa shape index (κ1) is 18.7. The predicted octanol–water partition coefficient (Wildman–Crippen LogP) is 5.19. The highest BCUT2D eigenvalue weighted by Crippen LogP contribution is 2.44. The van der Waals surface area contributed by atoms with Crippen molar-refractivity contribution in [1.82, 2.24) is 0 Å². The third-order valence-corrected chi connectivity index (χ3v) is 5.04. The third-order valence-electron chi connectivity index (χ3n) is 5.04. The number of anilines is 1. The Kier molecular flexibility index (Phi) is 4.76. The summed E-state index contributed by atoms with van der Waals surface area (Å²) in [5.74, 6) is -2.30. The van der Waals surface area contributed by atoms with Gasteiger partial charge in [-0.05, 0) is 46.9 Å². The van der Waals surface area contributed by atoms with Crippen LogP contribution >= 0.6 is 0 Å². The molecule has 4 rings (SSSR count). The molecule has 1 aliphatic carbocycles. The Morgan fingerprint density at radius 1 is 1.03 bits per heavy atom. The number of aryl methyl sites for hydroxylation is 1. The molecular weight excluding hydrogens is 373 g/mol. The number of amides is 1. The van der Waals surface area contributed by atoms with E-state index in [0.29, 0.717) is 5.56 Å². The van der Waals surface area contributed by atoms with Crippen molar-refractivity contribution in [1.29, 1.82) is 0 Å². The van der Waals surface area contributed by atoms with E-state index in [-0.39, 0.29) is 18.1 Å². The molecule has 6 heteroatoms. The summed E-state index contributed by atoms with van der Waals surface area (Å²) in [6, 6.07) is 18.3. The lowest BCUT2D eigenvalue weighted by atomic mass is 9.98. The SMILES string of the molecule is Cc1cc(F)c(NC(=O)OCC2c3ccccc3-c3ccccc32)c(C(=O)O)c1. The first-order chi connectivity index (χ1) is 14.0. The van der Waals surface area contributed by atoms with Crippen LogP contribution in [0.5, 0.6) is 0 Å². The van der Waals surface area contributed by atoms with Gasteiger partial charge < -0.3 is 9.84 Å². The summed E-state index contributed by atoms with van der Waals surface area (Å²) < 4.78 is 19.6. The lowest BCUT2D eigenvalue weighted by Crippen LogP contribution is -2.20. The molecule has 146 valence electrons. The maximum Gasteiger partial charge on any atom is 0.411 e. The Morgan fingerprint density at radius 2 is 1.62 bits per heavy atom. The second-order valence-corrected chi connectivity index (χ2v) is 6.93. The number of hydrogen-bond donors (Lipinski definition) is 2. The third kappa shape index (κ3) is 3.45. The molecule has 0 bridgehead atoms. The summed E-state index contributed by atoms with van der Waals surface area (Å²) >= 11 is 0. The van der Waals surface area contributed by atoms with E-state index in [2.05, 4.69) is 5.32 Å². The fourth-order valence-electron chi connectivity index (χ4n) is 3.77. The second-order valence-electron chi connectivity index (χ2n) is 6.93. The van der Waals surface area contributed by atoms with Crippen LogP contribution in [0, 0.1) is 12.7 Å². The van der Waals surface area contributed by atoms with Crippen LogP contribution in [0.15, 0.2) is 60.7 Å². The number of benzene rings is 3. The molecule has 5 nitrogen and oxygen atoms in total. The van der Waals surface area contributed by atoms with Gasteiger partial charge >= 0.3 is 12.1 Å². The molecule has 0 fully saturated rings. The standard InChI is InChI=1S/C23H18FNO4/c1-13-10-18(22(26)27)21(20(24)11-13)25-23(28)29-12-19-16-8-4-2-6-14(16)15-7-3-5-9-17(15)19/h2-11,19H,12H2,1H3,(H,25,28)(H,26,27). The highest BCUT2D eigenvalue weighted by molar-refractivity contribution is 5.99. The molecule has 0 radical (unpaired) electrons. The maximum atomic E-state index is 14.2. The normalized spacial score (nSPS) is 12.2. The largest absolute Gasteiger partial charge is 0.478 e. The van der Waals surface area contributed by atoms with Gasteiger partial charge in [0.25, 0.3) is 0 Å². The van der Waals surface area contributed by atoms with Crippen molar-refractivity contribution in [2.75, 3.05) is 11.9 Å². The van der Waals surface area contributed by atoms with Gasteiger partial charge in [0, 0.05) is 5.92 Å². The molecule has 0 unspecified atom stereocenters. The molecule has 0 saturated carbocycles. The van der Waals surface area contributed by atoms with Crippen LogP contribution < -0.4 is 5.32 Å². The zero-order valence-electron chi connectivity index (χ0n) is 15.6. The number of halogens is 1. The molecule has 0 spiro atoms. The highest BCUT2D eigenvalue weighted by atomic mass is 19.1. The molecule has 1 amide bonds. The number of nitrogens with one attached hydrogen (secondary N) is 1. The molecule has 29 heavy (non-hydrogen) atoms. The molecule has 1 aliphatic rings. The monoisotopic (exact) mass is 391 g/mol. The first-order valence-electron chi connectivity index (χ1n) is 9.11. The number of carbonyl (C=O) groups is 2. The van der Waals surface area contributed by atoms with Crippen molar-refractivity contribution >= 4 is 17.7 Å². The summed E-state index contributed by atoms with van der Waals surface area (Å²) in [5.41, 5.74) is 4.00. The van der Waals surface area contributed by atoms with Crippen molar-refractivity contribution in [3.63, 3.8) is 0 Å². The minimum absolute atomic E-state index is 0.0513. The van der Waals surface area contributed by atoms with Crippen LogP contribution in [-0.4, -0.2) is 23.8 Å². The number of carboxylic acid groups (broad SMARTS) is 1. The number of fused-ring (bicyclic) bond motifs is 3. The molecular formula is C23H18FNO4. The Hall–Kier alpha value is -3.67. The molecule has 3 aromatic rings. The fourth-order valence-corrected chi connectivity index (χ4v) is 3.77. The van der Waals surface area contributed by atoms with Gasteiger partial charge in [0.15, 0.2) is 0 Å². The number of rotatable bonds is 4. The molecule has 0 aromatic heterocycles. The van der Waals surface area contributed by atoms with Crippen LogP contribution in [0.4, 0.5) is 14.9 Å². The fraction of sp³-hybridized carbons (Fsp3) is 0.130. The molecule has 3 aromatic carbocycles. The van der Waals surface area contributed by atoms with Gasteiger partial charge in [-0.2, -0.15) is 0 Å². The van der Waals surface area contributed by atoms with E-state index in [1.54, 1.807) is 6.92 Å². The van der Waals surface area contributed by atoms with E-state index in [1.165, 1.54) is 6.07 Å². The van der Waals surface area contributed by atoms with Crippen molar-refractivity contribution in [3.05, 3.63) is 88.7 Å². The summed E-state index contributed by atoms with van der Waals surface area (Å²) in [4.78, 5) is 23.7. The number of hydrogen-bond acceptors (Lipinski definition) is 3. The van der Waals surface area contributed by atoms with Gasteiger partial charge in [0.1, 0.15) is 12.4 Å². The number of aromatic carboxylic acids is 1. The Balaban J connectivity index is 1.54. The molecule has 2 N–H and O–H groups in total. The summed E-state index contributed by atoms with van der Waals surface area (Å²) in [6.45, 7) is 1.63. The molecule has 0 aliphatic heterocycles. The zero-order valence-corrected chi connectivity index (χ0v) is 15.6. The zero-order chi connectivity index (χ0) is 20.5. The van der Waals surface area contributed by atoms with E-state index >= 15 is 0 Å². The lowest BCUT2D eigenvalue weighted by Gasteiger charge is -2.15. The van der Waals surface area contributed by atoms with Crippen LogP contribution in [0.3, 0.4) is 0 Å². The molecule has 0 heterocycles. The molecule has 0 saturated heterocycles. The van der Waals surface area contributed by atoms with Crippen LogP contribution in [-0.2, 0) is 4.74 Å². The number of carbonyl (C=O) groups excluding carboxylic acids is 1. The summed E-state index contributed by atoms with van der Waals surface area (Å²) in [6.07, 6.45) is -0.905. The van der Waals surface area contributed by atoms with Crippen LogP contribution in [0.2, 0.25) is 0 Å². The van der Waals surface area contributed by atoms with Crippen molar-refractivity contribution in [2.45, 2.75) is 12.8 Å². The van der Waals surface area contributed by atoms with Gasteiger partial charge in [-0.25, -0.2) is 14.0 Å². The number of ether oxygens (including phenoxy) is 1. The van der Waals surface area contributed by atoms with Crippen molar-refractivity contribution in [3.8, 4) is 11.1 Å². The molecule has 0 atom stereocenters.